The molecule has 16 nitrogen and oxygen atoms in total. The van der Waals surface area contributed by atoms with Gasteiger partial charge in [0.05, 0.1) is 37.1 Å². The van der Waals surface area contributed by atoms with Crippen molar-refractivity contribution in [2.45, 2.75) is 138 Å². The lowest BCUT2D eigenvalue weighted by Crippen LogP contribution is -2.59. The van der Waals surface area contributed by atoms with Crippen molar-refractivity contribution in [1.29, 1.82) is 0 Å². The maximum Gasteiger partial charge on any atom is 0.408 e. The molecule has 2 aromatic rings. The maximum atomic E-state index is 15.1. The van der Waals surface area contributed by atoms with Gasteiger partial charge >= 0.3 is 6.09 Å². The molecular weight excluding hydrogens is 795 g/mol. The molecule has 3 N–H and O–H groups in total. The molecule has 1 aromatic carbocycles. The summed E-state index contributed by atoms with van der Waals surface area (Å²) in [6, 6.07) is 3.38. The molecule has 5 fully saturated rings. The normalized spacial score (nSPS) is 30.1. The molecule has 6 aliphatic rings. The van der Waals surface area contributed by atoms with Crippen molar-refractivity contribution in [2.75, 3.05) is 26.9 Å². The second-order valence-electron chi connectivity index (χ2n) is 17.1. The highest BCUT2D eigenvalue weighted by Crippen LogP contribution is 2.46. The van der Waals surface area contributed by atoms with Crippen molar-refractivity contribution in [3.63, 3.8) is 0 Å². The fourth-order valence-corrected chi connectivity index (χ4v) is 10.9. The molecule has 2 aliphatic heterocycles. The third-order valence-electron chi connectivity index (χ3n) is 13.1. The fourth-order valence-electron chi connectivity index (χ4n) is 9.56. The van der Waals surface area contributed by atoms with Crippen LogP contribution in [0.4, 0.5) is 4.79 Å². The average Bonchev–Trinajstić information content (AvgIpc) is 4.13. The van der Waals surface area contributed by atoms with E-state index in [9.17, 15) is 22.8 Å². The number of rotatable bonds is 10. The second-order valence-corrected chi connectivity index (χ2v) is 19.1. The van der Waals surface area contributed by atoms with Gasteiger partial charge in [-0.1, -0.05) is 25.3 Å². The Bertz CT molecular complexity index is 2110. The summed E-state index contributed by atoms with van der Waals surface area (Å²) < 4.78 is 58.6. The van der Waals surface area contributed by atoms with E-state index in [4.69, 9.17) is 28.7 Å². The molecule has 17 heteroatoms. The number of alkyl carbamates (subject to hydrolysis) is 1. The Hall–Kier alpha value is -4.64. The molecule has 4 bridgehead atoms. The van der Waals surface area contributed by atoms with Gasteiger partial charge in [-0.3, -0.25) is 19.1 Å². The first-order valence-corrected chi connectivity index (χ1v) is 23.2. The summed E-state index contributed by atoms with van der Waals surface area (Å²) in [7, 11) is -2.31. The summed E-state index contributed by atoms with van der Waals surface area (Å²) in [5, 5.41) is 5.84. The molecule has 0 spiro atoms. The van der Waals surface area contributed by atoms with Crippen LogP contribution in [-0.4, -0.2) is 110 Å². The topological polar surface area (TPSA) is 201 Å². The minimum atomic E-state index is -3.92. The molecule has 4 aliphatic carbocycles. The van der Waals surface area contributed by atoms with Crippen LogP contribution < -0.4 is 29.6 Å². The second kappa shape index (κ2) is 17.4. The van der Waals surface area contributed by atoms with Gasteiger partial charge < -0.3 is 39.2 Å². The monoisotopic (exact) mass is 851 g/mol. The van der Waals surface area contributed by atoms with E-state index in [0.717, 1.165) is 37.7 Å². The van der Waals surface area contributed by atoms with Crippen LogP contribution in [0.25, 0.3) is 10.9 Å². The molecule has 326 valence electrons. The number of carbonyl (C=O) groups excluding carboxylic acids is 4. The largest absolute Gasteiger partial charge is 0.496 e. The highest BCUT2D eigenvalue weighted by Gasteiger charge is 2.62. The number of hydrogen-bond donors (Lipinski definition) is 3. The number of pyridine rings is 1. The van der Waals surface area contributed by atoms with Gasteiger partial charge in [0.2, 0.25) is 27.7 Å². The third-order valence-corrected chi connectivity index (χ3v) is 14.9. The number of nitrogens with one attached hydrogen (secondary N) is 3. The quantitative estimate of drug-likeness (QED) is 0.288. The van der Waals surface area contributed by atoms with E-state index in [1.165, 1.54) is 11.0 Å². The molecule has 4 amide bonds. The minimum Gasteiger partial charge on any atom is -0.496 e. The van der Waals surface area contributed by atoms with E-state index in [1.54, 1.807) is 13.2 Å². The number of nitrogens with zero attached hydrogens (tertiary/aromatic N) is 2. The zero-order chi connectivity index (χ0) is 42.2. The van der Waals surface area contributed by atoms with Gasteiger partial charge in [-0.2, -0.15) is 0 Å². The maximum absolute atomic E-state index is 15.1. The van der Waals surface area contributed by atoms with Crippen LogP contribution in [0.15, 0.2) is 30.9 Å². The van der Waals surface area contributed by atoms with E-state index < -0.39 is 74.8 Å². The van der Waals surface area contributed by atoms with E-state index in [-0.39, 0.29) is 31.4 Å². The van der Waals surface area contributed by atoms with Crippen molar-refractivity contribution >= 4 is 44.7 Å². The molecule has 0 radical (unpaired) electrons. The van der Waals surface area contributed by atoms with Crippen molar-refractivity contribution in [2.24, 2.45) is 11.8 Å². The summed E-state index contributed by atoms with van der Waals surface area (Å²) in [6.45, 7) is 6.44. The lowest BCUT2D eigenvalue weighted by atomic mass is 9.83. The number of carbonyl (C=O) groups is 4. The first-order valence-electron chi connectivity index (χ1n) is 21.6. The van der Waals surface area contributed by atoms with Crippen LogP contribution in [0.2, 0.25) is 0 Å². The average molecular weight is 852 g/mol. The van der Waals surface area contributed by atoms with Crippen molar-refractivity contribution in [3.05, 3.63) is 36.4 Å². The molecule has 8 rings (SSSR count). The molecule has 7 atom stereocenters. The van der Waals surface area contributed by atoms with Crippen LogP contribution in [0.1, 0.15) is 96.0 Å². The SMILES string of the molecule is C=C[C@H]1C[C@@]1(NC(=O)[C@@H]1C[C@@H]2CN1C(=O)[C@H](C1CCCCC1)NC(=O)O[C@@H]1CCC[C@H]1OCCCc1cc3c(cc(OCC)nc3cc1OC)O2)C(=O)NS(=O)(=O)C1CC1. The Morgan fingerprint density at radius 2 is 1.82 bits per heavy atom. The molecule has 4 saturated carbocycles. The van der Waals surface area contributed by atoms with E-state index in [1.807, 2.05) is 19.1 Å². The number of methoxy groups -OCH3 is 1. The summed E-state index contributed by atoms with van der Waals surface area (Å²) in [5.74, 6) is -1.27. The summed E-state index contributed by atoms with van der Waals surface area (Å²) in [6.07, 6.45) is 8.07. The number of ether oxygens (including phenoxy) is 5. The summed E-state index contributed by atoms with van der Waals surface area (Å²) >= 11 is 0. The number of aryl methyl sites for hydroxylation is 1. The van der Waals surface area contributed by atoms with Crippen LogP contribution in [0, 0.1) is 11.8 Å². The fraction of sp³-hybridized carbons (Fsp3) is 0.651. The minimum absolute atomic E-state index is 0.0215. The number of sulfonamides is 1. The van der Waals surface area contributed by atoms with Gasteiger partial charge in [0.1, 0.15) is 41.3 Å². The number of amides is 4. The molecule has 1 saturated heterocycles. The summed E-state index contributed by atoms with van der Waals surface area (Å²) in [5.41, 5.74) is -0.0821. The number of benzene rings is 1. The van der Waals surface area contributed by atoms with E-state index >= 15 is 4.79 Å². The van der Waals surface area contributed by atoms with Crippen LogP contribution in [-0.2, 0) is 40.3 Å². The first-order chi connectivity index (χ1) is 28.9. The Labute approximate surface area is 350 Å². The highest BCUT2D eigenvalue weighted by molar-refractivity contribution is 7.91. The number of aromatic nitrogens is 1. The standard InChI is InChI=1S/C43H57N5O11S/c1-4-27-23-43(27,41(51)47-60(53,54)29-16-17-29)46-39(49)32-20-28-24-48(32)40(50)38(25-11-7-6-8-12-25)45-42(52)59-34-15-9-14-33(34)57-18-10-13-26-19-30-31(21-35(26)55-3)44-37(56-5-2)22-36(30)58-28/h4,19,21-22,25,27-29,32-34,38H,1,5-18,20,23-24H2,2-3H3,(H,45,52)(H,46,49)(H,47,51)/t27-,28+,32-,33+,34+,38-,43-/m0/s1. The molecule has 1 aromatic heterocycles. The van der Waals surface area contributed by atoms with E-state index in [2.05, 4.69) is 21.9 Å². The predicted octanol–water partition coefficient (Wildman–Crippen LogP) is 4.22. The predicted molar refractivity (Wildman–Crippen MR) is 219 cm³/mol. The highest BCUT2D eigenvalue weighted by atomic mass is 32.2. The van der Waals surface area contributed by atoms with Gasteiger partial charge in [0.25, 0.3) is 5.91 Å². The Morgan fingerprint density at radius 1 is 1.03 bits per heavy atom. The van der Waals surface area contributed by atoms with Gasteiger partial charge in [0.15, 0.2) is 0 Å². The zero-order valence-corrected chi connectivity index (χ0v) is 35.3. The lowest BCUT2D eigenvalue weighted by molar-refractivity contribution is -0.142. The van der Waals surface area contributed by atoms with Crippen LogP contribution in [0.5, 0.6) is 17.4 Å². The van der Waals surface area contributed by atoms with Gasteiger partial charge in [0, 0.05) is 36.5 Å². The molecule has 0 unspecified atom stereocenters. The van der Waals surface area contributed by atoms with Gasteiger partial charge in [-0.05, 0) is 88.7 Å². The van der Waals surface area contributed by atoms with E-state index in [0.29, 0.717) is 86.4 Å². The van der Waals surface area contributed by atoms with Crippen molar-refractivity contribution in [1.82, 2.24) is 25.2 Å². The smallest absolute Gasteiger partial charge is 0.408 e. The zero-order valence-electron chi connectivity index (χ0n) is 34.4. The Balaban J connectivity index is 1.16. The van der Waals surface area contributed by atoms with Gasteiger partial charge in [-0.25, -0.2) is 18.2 Å². The molecule has 3 heterocycles. The number of fused-ring (bicyclic) bond motifs is 4. The van der Waals surface area contributed by atoms with Crippen LogP contribution in [0.3, 0.4) is 0 Å². The van der Waals surface area contributed by atoms with Crippen molar-refractivity contribution < 1.29 is 51.3 Å². The Morgan fingerprint density at radius 3 is 2.53 bits per heavy atom. The van der Waals surface area contributed by atoms with Gasteiger partial charge in [-0.15, -0.1) is 6.58 Å². The molecule has 60 heavy (non-hydrogen) atoms. The third kappa shape index (κ3) is 8.74. The lowest BCUT2D eigenvalue weighted by Gasteiger charge is -2.35. The Kier molecular flexibility index (Phi) is 12.2. The molecular formula is C43H57N5O11S. The number of hydrogen-bond acceptors (Lipinski definition) is 12. The first kappa shape index (κ1) is 42.1. The van der Waals surface area contributed by atoms with Crippen LogP contribution >= 0.6 is 0 Å². The van der Waals surface area contributed by atoms with Crippen molar-refractivity contribution in [3.8, 4) is 17.4 Å². The summed E-state index contributed by atoms with van der Waals surface area (Å²) in [4.78, 5) is 63.3.